The number of hydrogen-bond acceptors (Lipinski definition) is 3. The second kappa shape index (κ2) is 6.80. The van der Waals surface area contributed by atoms with E-state index < -0.39 is 17.5 Å². The highest BCUT2D eigenvalue weighted by Gasteiger charge is 2.12. The first kappa shape index (κ1) is 16.1. The Morgan fingerprint density at radius 2 is 2.04 bits per heavy atom. The van der Waals surface area contributed by atoms with Crippen LogP contribution in [0.2, 0.25) is 5.02 Å². The average Bonchev–Trinajstić information content (AvgIpc) is 3.04. The molecule has 1 N–H and O–H groups in total. The highest BCUT2D eigenvalue weighted by molar-refractivity contribution is 6.33. The number of benzene rings is 2. The Bertz CT molecular complexity index is 882. The summed E-state index contributed by atoms with van der Waals surface area (Å²) in [6, 6.07) is 7.96. The molecule has 122 valence electrons. The van der Waals surface area contributed by atoms with E-state index in [1.165, 1.54) is 18.7 Å². The fourth-order valence-electron chi connectivity index (χ4n) is 2.18. The van der Waals surface area contributed by atoms with Gasteiger partial charge in [-0.3, -0.25) is 4.79 Å². The van der Waals surface area contributed by atoms with Crippen LogP contribution >= 0.6 is 11.6 Å². The van der Waals surface area contributed by atoms with Gasteiger partial charge in [0.25, 0.3) is 0 Å². The molecular formula is C17H11ClF2N2O2. The number of halogens is 3. The van der Waals surface area contributed by atoms with E-state index in [4.69, 9.17) is 16.0 Å². The van der Waals surface area contributed by atoms with Crippen LogP contribution in [0.4, 0.5) is 14.5 Å². The minimum atomic E-state index is -0.760. The van der Waals surface area contributed by atoms with Crippen molar-refractivity contribution in [1.29, 1.82) is 0 Å². The highest BCUT2D eigenvalue weighted by Crippen LogP contribution is 2.30. The highest BCUT2D eigenvalue weighted by atomic mass is 35.5. The molecule has 0 saturated heterocycles. The maximum absolute atomic E-state index is 13.6. The smallest absolute Gasteiger partial charge is 0.228 e. The summed E-state index contributed by atoms with van der Waals surface area (Å²) in [6.45, 7) is 0. The lowest BCUT2D eigenvalue weighted by Gasteiger charge is -2.08. The van der Waals surface area contributed by atoms with Gasteiger partial charge in [0.05, 0.1) is 17.6 Å². The van der Waals surface area contributed by atoms with E-state index in [1.54, 1.807) is 18.2 Å². The summed E-state index contributed by atoms with van der Waals surface area (Å²) in [5.41, 5.74) is 1.20. The lowest BCUT2D eigenvalue weighted by atomic mass is 10.1. The monoisotopic (exact) mass is 348 g/mol. The molecule has 3 rings (SSSR count). The molecule has 1 aromatic heterocycles. The number of nitrogens with zero attached hydrogens (tertiary/aromatic N) is 1. The third-order valence-electron chi connectivity index (χ3n) is 3.32. The van der Waals surface area contributed by atoms with Crippen molar-refractivity contribution in [3.05, 3.63) is 71.2 Å². The predicted molar refractivity (Wildman–Crippen MR) is 85.6 cm³/mol. The summed E-state index contributed by atoms with van der Waals surface area (Å²) in [5, 5.41) is 2.99. The molecule has 24 heavy (non-hydrogen) atoms. The van der Waals surface area contributed by atoms with E-state index in [2.05, 4.69) is 10.3 Å². The van der Waals surface area contributed by atoms with Gasteiger partial charge in [-0.2, -0.15) is 0 Å². The molecule has 1 amide bonds. The van der Waals surface area contributed by atoms with Crippen LogP contribution < -0.4 is 5.32 Å². The van der Waals surface area contributed by atoms with E-state index in [-0.39, 0.29) is 12.0 Å². The fraction of sp³-hybridized carbons (Fsp3) is 0.0588. The molecule has 0 unspecified atom stereocenters. The molecule has 4 nitrogen and oxygen atoms in total. The molecule has 0 saturated carbocycles. The van der Waals surface area contributed by atoms with Gasteiger partial charge in [-0.25, -0.2) is 13.8 Å². The zero-order chi connectivity index (χ0) is 17.1. The van der Waals surface area contributed by atoms with Crippen LogP contribution in [0.15, 0.2) is 53.4 Å². The van der Waals surface area contributed by atoms with Gasteiger partial charge < -0.3 is 9.73 Å². The van der Waals surface area contributed by atoms with Gasteiger partial charge in [-0.15, -0.1) is 0 Å². The molecular weight excluding hydrogens is 338 g/mol. The Balaban J connectivity index is 1.71. The van der Waals surface area contributed by atoms with E-state index in [1.807, 2.05) is 0 Å². The van der Waals surface area contributed by atoms with Crippen LogP contribution in [0.3, 0.4) is 0 Å². The van der Waals surface area contributed by atoms with Crippen LogP contribution in [0, 0.1) is 11.6 Å². The van der Waals surface area contributed by atoms with Crippen molar-refractivity contribution in [2.45, 2.75) is 6.42 Å². The van der Waals surface area contributed by atoms with Crippen LogP contribution in [0.25, 0.3) is 11.3 Å². The van der Waals surface area contributed by atoms with Crippen molar-refractivity contribution in [2.75, 3.05) is 5.32 Å². The SMILES string of the molecule is O=C(Cc1ccc(F)cc1F)Nc1ccc(-c2cnco2)c(Cl)c1. The number of rotatable bonds is 4. The lowest BCUT2D eigenvalue weighted by Crippen LogP contribution is -2.15. The van der Waals surface area contributed by atoms with Gasteiger partial charge in [-0.05, 0) is 29.8 Å². The predicted octanol–water partition coefficient (Wildman–Crippen LogP) is 4.45. The van der Waals surface area contributed by atoms with E-state index in [0.29, 0.717) is 22.0 Å². The lowest BCUT2D eigenvalue weighted by molar-refractivity contribution is -0.115. The zero-order valence-electron chi connectivity index (χ0n) is 12.2. The first-order valence-corrected chi connectivity index (χ1v) is 7.33. The van der Waals surface area contributed by atoms with Crippen LogP contribution in [-0.4, -0.2) is 10.9 Å². The number of carbonyl (C=O) groups is 1. The Morgan fingerprint density at radius 3 is 2.71 bits per heavy atom. The topological polar surface area (TPSA) is 55.1 Å². The first-order chi connectivity index (χ1) is 11.5. The van der Waals surface area contributed by atoms with E-state index in [9.17, 15) is 13.6 Å². The van der Waals surface area contributed by atoms with Gasteiger partial charge in [0, 0.05) is 17.3 Å². The van der Waals surface area contributed by atoms with Crippen molar-refractivity contribution in [1.82, 2.24) is 4.98 Å². The molecule has 1 heterocycles. The molecule has 0 aliphatic rings. The van der Waals surface area contributed by atoms with Crippen LogP contribution in [0.5, 0.6) is 0 Å². The molecule has 0 atom stereocenters. The third-order valence-corrected chi connectivity index (χ3v) is 3.63. The summed E-state index contributed by atoms with van der Waals surface area (Å²) >= 11 is 6.17. The molecule has 2 aromatic carbocycles. The molecule has 0 spiro atoms. The number of carbonyl (C=O) groups excluding carboxylic acids is 1. The van der Waals surface area contributed by atoms with Crippen LogP contribution in [0.1, 0.15) is 5.56 Å². The Morgan fingerprint density at radius 1 is 1.21 bits per heavy atom. The van der Waals surface area contributed by atoms with Crippen molar-refractivity contribution >= 4 is 23.2 Å². The molecule has 0 aliphatic heterocycles. The Labute approximate surface area is 141 Å². The molecule has 0 aliphatic carbocycles. The minimum absolute atomic E-state index is 0.110. The van der Waals surface area contributed by atoms with E-state index in [0.717, 1.165) is 12.1 Å². The normalized spacial score (nSPS) is 10.6. The summed E-state index contributed by atoms with van der Waals surface area (Å²) < 4.78 is 31.6. The number of nitrogens with one attached hydrogen (secondary N) is 1. The molecule has 0 bridgehead atoms. The Hall–Kier alpha value is -2.73. The van der Waals surface area contributed by atoms with Gasteiger partial charge in [0.2, 0.25) is 5.91 Å². The number of anilines is 1. The Kier molecular flexibility index (Phi) is 4.57. The summed E-state index contributed by atoms with van der Waals surface area (Å²) in [6.07, 6.45) is 2.60. The zero-order valence-corrected chi connectivity index (χ0v) is 13.0. The fourth-order valence-corrected chi connectivity index (χ4v) is 2.46. The van der Waals surface area contributed by atoms with Crippen molar-refractivity contribution < 1.29 is 18.0 Å². The second-order valence-corrected chi connectivity index (χ2v) is 5.43. The first-order valence-electron chi connectivity index (χ1n) is 6.95. The number of amides is 1. The minimum Gasteiger partial charge on any atom is -0.443 e. The van der Waals surface area contributed by atoms with Crippen molar-refractivity contribution in [3.8, 4) is 11.3 Å². The van der Waals surface area contributed by atoms with E-state index >= 15 is 0 Å². The quantitative estimate of drug-likeness (QED) is 0.757. The summed E-state index contributed by atoms with van der Waals surface area (Å²) in [4.78, 5) is 15.8. The van der Waals surface area contributed by atoms with Gasteiger partial charge in [0.1, 0.15) is 11.6 Å². The maximum atomic E-state index is 13.6. The average molecular weight is 349 g/mol. The second-order valence-electron chi connectivity index (χ2n) is 5.02. The standard InChI is InChI=1S/C17H11ClF2N2O2/c18-14-7-12(3-4-13(14)16-8-21-9-24-16)22-17(23)5-10-1-2-11(19)6-15(10)20/h1-4,6-9H,5H2,(H,22,23). The van der Waals surface area contributed by atoms with Crippen molar-refractivity contribution in [3.63, 3.8) is 0 Å². The van der Waals surface area contributed by atoms with Gasteiger partial charge >= 0.3 is 0 Å². The van der Waals surface area contributed by atoms with Crippen LogP contribution in [-0.2, 0) is 11.2 Å². The largest absolute Gasteiger partial charge is 0.443 e. The maximum Gasteiger partial charge on any atom is 0.228 e. The summed E-state index contributed by atoms with van der Waals surface area (Å²) in [5.74, 6) is -1.38. The number of oxazole rings is 1. The summed E-state index contributed by atoms with van der Waals surface area (Å²) in [7, 11) is 0. The molecule has 0 radical (unpaired) electrons. The van der Waals surface area contributed by atoms with Gasteiger partial charge in [-0.1, -0.05) is 17.7 Å². The third kappa shape index (κ3) is 3.60. The number of aromatic nitrogens is 1. The molecule has 3 aromatic rings. The van der Waals surface area contributed by atoms with Crippen molar-refractivity contribution in [2.24, 2.45) is 0 Å². The van der Waals surface area contributed by atoms with Gasteiger partial charge in [0.15, 0.2) is 12.2 Å². The number of hydrogen-bond donors (Lipinski definition) is 1. The molecule has 7 heteroatoms. The molecule has 0 fully saturated rings.